The molecule has 0 aliphatic carbocycles. The highest BCUT2D eigenvalue weighted by atomic mass is 16.6. The number of hydrogen-bond acceptors (Lipinski definition) is 4. The van der Waals surface area contributed by atoms with Gasteiger partial charge in [0.25, 0.3) is 0 Å². The number of aromatic nitrogens is 1. The van der Waals surface area contributed by atoms with E-state index in [0.29, 0.717) is 18.2 Å². The summed E-state index contributed by atoms with van der Waals surface area (Å²) in [4.78, 5) is 14.2. The SMILES string of the molecule is CC(C)C(C)(C)CNc1ccncc1[N+](=O)[O-]. The molecule has 0 amide bonds. The predicted octanol–water partition coefficient (Wildman–Crippen LogP) is 3.08. The molecule has 5 nitrogen and oxygen atoms in total. The summed E-state index contributed by atoms with van der Waals surface area (Å²) in [5, 5.41) is 13.9. The molecule has 0 saturated heterocycles. The van der Waals surface area contributed by atoms with Gasteiger partial charge >= 0.3 is 5.69 Å². The molecule has 94 valence electrons. The Bertz CT molecular complexity index is 402. The normalized spacial score (nSPS) is 11.6. The summed E-state index contributed by atoms with van der Waals surface area (Å²) < 4.78 is 0. The molecule has 0 aliphatic heterocycles. The smallest absolute Gasteiger partial charge is 0.310 e. The lowest BCUT2D eigenvalue weighted by atomic mass is 9.81. The average molecular weight is 237 g/mol. The van der Waals surface area contributed by atoms with Gasteiger partial charge in [0, 0.05) is 12.7 Å². The largest absolute Gasteiger partial charge is 0.379 e. The second kappa shape index (κ2) is 5.12. The maximum atomic E-state index is 10.8. The van der Waals surface area contributed by atoms with Gasteiger partial charge in [-0.3, -0.25) is 15.1 Å². The van der Waals surface area contributed by atoms with Crippen molar-refractivity contribution in [2.75, 3.05) is 11.9 Å². The zero-order valence-corrected chi connectivity index (χ0v) is 10.7. The summed E-state index contributed by atoms with van der Waals surface area (Å²) in [6, 6.07) is 1.63. The Morgan fingerprint density at radius 2 is 2.18 bits per heavy atom. The van der Waals surface area contributed by atoms with Crippen molar-refractivity contribution >= 4 is 11.4 Å². The summed E-state index contributed by atoms with van der Waals surface area (Å²) in [6.45, 7) is 9.25. The lowest BCUT2D eigenvalue weighted by molar-refractivity contribution is -0.384. The highest BCUT2D eigenvalue weighted by Crippen LogP contribution is 2.28. The highest BCUT2D eigenvalue weighted by molar-refractivity contribution is 5.59. The van der Waals surface area contributed by atoms with Crippen molar-refractivity contribution in [3.63, 3.8) is 0 Å². The zero-order valence-electron chi connectivity index (χ0n) is 10.7. The van der Waals surface area contributed by atoms with Crippen LogP contribution in [0.1, 0.15) is 27.7 Å². The molecule has 17 heavy (non-hydrogen) atoms. The van der Waals surface area contributed by atoms with Crippen LogP contribution in [0, 0.1) is 21.4 Å². The minimum Gasteiger partial charge on any atom is -0.379 e. The summed E-state index contributed by atoms with van der Waals surface area (Å²) >= 11 is 0. The van der Waals surface area contributed by atoms with E-state index < -0.39 is 4.92 Å². The van der Waals surface area contributed by atoms with Crippen LogP contribution in [0.4, 0.5) is 11.4 Å². The first kappa shape index (κ1) is 13.4. The lowest BCUT2D eigenvalue weighted by Gasteiger charge is -2.29. The van der Waals surface area contributed by atoms with Crippen molar-refractivity contribution in [2.45, 2.75) is 27.7 Å². The first-order valence-corrected chi connectivity index (χ1v) is 5.67. The lowest BCUT2D eigenvalue weighted by Crippen LogP contribution is -2.28. The molecule has 0 saturated carbocycles. The standard InChI is InChI=1S/C12H19N3O2/c1-9(2)12(3,4)8-14-10-5-6-13-7-11(10)15(16)17/h5-7,9H,8H2,1-4H3,(H,13,14). The van der Waals surface area contributed by atoms with Crippen LogP contribution < -0.4 is 5.32 Å². The van der Waals surface area contributed by atoms with Crippen LogP contribution >= 0.6 is 0 Å². The third kappa shape index (κ3) is 3.41. The third-order valence-corrected chi connectivity index (χ3v) is 3.29. The maximum absolute atomic E-state index is 10.8. The van der Waals surface area contributed by atoms with Crippen LogP contribution in [-0.2, 0) is 0 Å². The van der Waals surface area contributed by atoms with Gasteiger partial charge in [-0.05, 0) is 17.4 Å². The van der Waals surface area contributed by atoms with E-state index in [1.165, 1.54) is 6.20 Å². The quantitative estimate of drug-likeness (QED) is 0.631. The fraction of sp³-hybridized carbons (Fsp3) is 0.583. The number of nitrogens with zero attached hydrogens (tertiary/aromatic N) is 2. The predicted molar refractivity (Wildman–Crippen MR) is 68.0 cm³/mol. The molecule has 0 aromatic carbocycles. The Hall–Kier alpha value is -1.65. The number of pyridine rings is 1. The molecule has 0 unspecified atom stereocenters. The topological polar surface area (TPSA) is 68.1 Å². The molecule has 0 atom stereocenters. The molecule has 1 heterocycles. The number of anilines is 1. The van der Waals surface area contributed by atoms with Gasteiger partial charge in [0.15, 0.2) is 0 Å². The van der Waals surface area contributed by atoms with Crippen LogP contribution in [-0.4, -0.2) is 16.5 Å². The van der Waals surface area contributed by atoms with Crippen molar-refractivity contribution in [3.8, 4) is 0 Å². The van der Waals surface area contributed by atoms with E-state index in [2.05, 4.69) is 38.0 Å². The van der Waals surface area contributed by atoms with Gasteiger partial charge in [0.05, 0.1) is 4.92 Å². The monoisotopic (exact) mass is 237 g/mol. The van der Waals surface area contributed by atoms with Gasteiger partial charge < -0.3 is 5.32 Å². The molecule has 1 aromatic heterocycles. The summed E-state index contributed by atoms with van der Waals surface area (Å²) in [5.41, 5.74) is 0.628. The average Bonchev–Trinajstić information content (AvgIpc) is 2.26. The molecule has 1 rings (SSSR count). The first-order valence-electron chi connectivity index (χ1n) is 5.67. The molecule has 5 heteroatoms. The van der Waals surface area contributed by atoms with Gasteiger partial charge in [-0.15, -0.1) is 0 Å². The van der Waals surface area contributed by atoms with Gasteiger partial charge in [-0.2, -0.15) is 0 Å². The molecular formula is C12H19N3O2. The fourth-order valence-electron chi connectivity index (χ4n) is 1.21. The van der Waals surface area contributed by atoms with E-state index in [9.17, 15) is 10.1 Å². The Kier molecular flexibility index (Phi) is 4.04. The van der Waals surface area contributed by atoms with Crippen molar-refractivity contribution < 1.29 is 4.92 Å². The van der Waals surface area contributed by atoms with Gasteiger partial charge in [0.1, 0.15) is 11.9 Å². The third-order valence-electron chi connectivity index (χ3n) is 3.29. The maximum Gasteiger partial charge on any atom is 0.310 e. The van der Waals surface area contributed by atoms with Gasteiger partial charge in [-0.1, -0.05) is 27.7 Å². The zero-order chi connectivity index (χ0) is 13.1. The van der Waals surface area contributed by atoms with E-state index in [1.54, 1.807) is 12.3 Å². The minimum atomic E-state index is -0.419. The molecule has 1 N–H and O–H groups in total. The van der Waals surface area contributed by atoms with Crippen molar-refractivity contribution in [1.29, 1.82) is 0 Å². The number of nitrogens with one attached hydrogen (secondary N) is 1. The van der Waals surface area contributed by atoms with E-state index in [1.807, 2.05) is 0 Å². The van der Waals surface area contributed by atoms with E-state index in [-0.39, 0.29) is 11.1 Å². The number of rotatable bonds is 5. The fourth-order valence-corrected chi connectivity index (χ4v) is 1.21. The summed E-state index contributed by atoms with van der Waals surface area (Å²) in [7, 11) is 0. The Balaban J connectivity index is 2.79. The van der Waals surface area contributed by atoms with Crippen molar-refractivity contribution in [3.05, 3.63) is 28.6 Å². The van der Waals surface area contributed by atoms with E-state index in [4.69, 9.17) is 0 Å². The van der Waals surface area contributed by atoms with Crippen molar-refractivity contribution in [2.24, 2.45) is 11.3 Å². The molecule has 0 radical (unpaired) electrons. The molecule has 0 spiro atoms. The molecular weight excluding hydrogens is 218 g/mol. The van der Waals surface area contributed by atoms with Crippen LogP contribution in [0.25, 0.3) is 0 Å². The highest BCUT2D eigenvalue weighted by Gasteiger charge is 2.23. The minimum absolute atomic E-state index is 0.0204. The van der Waals surface area contributed by atoms with Gasteiger partial charge in [0.2, 0.25) is 0 Å². The second-order valence-corrected chi connectivity index (χ2v) is 5.15. The van der Waals surface area contributed by atoms with Crippen LogP contribution in [0.15, 0.2) is 18.5 Å². The van der Waals surface area contributed by atoms with E-state index in [0.717, 1.165) is 0 Å². The molecule has 0 bridgehead atoms. The molecule has 0 fully saturated rings. The Morgan fingerprint density at radius 1 is 1.53 bits per heavy atom. The Labute approximate surface area is 101 Å². The van der Waals surface area contributed by atoms with Crippen molar-refractivity contribution in [1.82, 2.24) is 4.98 Å². The van der Waals surface area contributed by atoms with Crippen LogP contribution in [0.3, 0.4) is 0 Å². The van der Waals surface area contributed by atoms with Gasteiger partial charge in [-0.25, -0.2) is 0 Å². The number of nitro groups is 1. The van der Waals surface area contributed by atoms with Crippen LogP contribution in [0.2, 0.25) is 0 Å². The number of hydrogen-bond donors (Lipinski definition) is 1. The summed E-state index contributed by atoms with van der Waals surface area (Å²) in [5.74, 6) is 0.496. The molecule has 0 aliphatic rings. The first-order chi connectivity index (χ1) is 7.84. The second-order valence-electron chi connectivity index (χ2n) is 5.15. The summed E-state index contributed by atoms with van der Waals surface area (Å²) in [6.07, 6.45) is 2.82. The Morgan fingerprint density at radius 3 is 2.71 bits per heavy atom. The van der Waals surface area contributed by atoms with E-state index >= 15 is 0 Å². The van der Waals surface area contributed by atoms with Crippen LogP contribution in [0.5, 0.6) is 0 Å². The molecule has 1 aromatic rings.